The molecule has 1 saturated carbocycles. The normalized spacial score (nSPS) is 29.9. The van der Waals surface area contributed by atoms with Gasteiger partial charge in [0.05, 0.1) is 11.7 Å². The van der Waals surface area contributed by atoms with E-state index in [1.165, 1.54) is 0 Å². The Bertz CT molecular complexity index is 200. The fourth-order valence-electron chi connectivity index (χ4n) is 0.885. The van der Waals surface area contributed by atoms with Gasteiger partial charge >= 0.3 is 0 Å². The number of alkyl halides is 1. The van der Waals surface area contributed by atoms with E-state index in [2.05, 4.69) is 11.6 Å². The lowest BCUT2D eigenvalue weighted by Gasteiger charge is -2.04. The topological polar surface area (TPSA) is 21.6 Å². The summed E-state index contributed by atoms with van der Waals surface area (Å²) in [6, 6.07) is 0. The Morgan fingerprint density at radius 2 is 2.27 bits per heavy atom. The summed E-state index contributed by atoms with van der Waals surface area (Å²) in [6.07, 6.45) is -0.215. The average Bonchev–Trinajstić information content (AvgIpc) is 2.61. The molecule has 11 heavy (non-hydrogen) atoms. The van der Waals surface area contributed by atoms with Gasteiger partial charge in [0.25, 0.3) is 0 Å². The minimum absolute atomic E-state index is 0.114. The Balaban J connectivity index is 2.45. The lowest BCUT2D eigenvalue weighted by atomic mass is 10.4. The smallest absolute Gasteiger partial charge is 0.195 e. The molecule has 62 valence electrons. The third kappa shape index (κ3) is 2.03. The summed E-state index contributed by atoms with van der Waals surface area (Å²) in [7, 11) is 1.60. The van der Waals surface area contributed by atoms with E-state index in [9.17, 15) is 4.39 Å². The summed E-state index contributed by atoms with van der Waals surface area (Å²) < 4.78 is 17.6. The largest absolute Gasteiger partial charge is 0.448 e. The van der Waals surface area contributed by atoms with E-state index < -0.39 is 6.17 Å². The van der Waals surface area contributed by atoms with Crippen molar-refractivity contribution >= 4 is 5.90 Å². The van der Waals surface area contributed by atoms with Crippen LogP contribution in [0, 0.1) is 5.92 Å². The summed E-state index contributed by atoms with van der Waals surface area (Å²) in [5.74, 6) is 0.923. The van der Waals surface area contributed by atoms with Gasteiger partial charge in [-0.2, -0.15) is 0 Å². The van der Waals surface area contributed by atoms with Gasteiger partial charge in [-0.15, -0.1) is 0 Å². The average molecular weight is 157 g/mol. The van der Waals surface area contributed by atoms with Crippen LogP contribution in [0.3, 0.4) is 0 Å². The van der Waals surface area contributed by atoms with Crippen LogP contribution in [0.5, 0.6) is 0 Å². The molecular weight excluding hydrogens is 145 g/mol. The standard InChI is InChI=1S/C8H12FNO/c1-5(2)11-8(10-3)6-4-7(6)9/h6-7H,1,4H2,2-3H3/b10-8-. The van der Waals surface area contributed by atoms with Crippen LogP contribution in [0.25, 0.3) is 0 Å². The number of aliphatic imine (C=N–C) groups is 1. The van der Waals surface area contributed by atoms with Gasteiger partial charge in [-0.1, -0.05) is 6.58 Å². The molecular formula is C8H12FNO. The van der Waals surface area contributed by atoms with Crippen molar-refractivity contribution in [2.75, 3.05) is 7.05 Å². The quantitative estimate of drug-likeness (QED) is 0.341. The second-order valence-electron chi connectivity index (χ2n) is 2.72. The van der Waals surface area contributed by atoms with Gasteiger partial charge in [0.1, 0.15) is 6.17 Å². The number of allylic oxidation sites excluding steroid dienone is 1. The summed E-state index contributed by atoms with van der Waals surface area (Å²) in [5.41, 5.74) is 0. The minimum Gasteiger partial charge on any atom is -0.448 e. The molecule has 1 fully saturated rings. The Morgan fingerprint density at radius 3 is 2.55 bits per heavy atom. The van der Waals surface area contributed by atoms with Crippen LogP contribution in [0.2, 0.25) is 0 Å². The van der Waals surface area contributed by atoms with Gasteiger partial charge in [0, 0.05) is 7.05 Å². The van der Waals surface area contributed by atoms with E-state index in [0.717, 1.165) is 0 Å². The molecule has 1 aliphatic rings. The molecule has 0 saturated heterocycles. The van der Waals surface area contributed by atoms with E-state index in [1.54, 1.807) is 14.0 Å². The van der Waals surface area contributed by atoms with Crippen LogP contribution in [-0.2, 0) is 4.74 Å². The summed E-state index contributed by atoms with van der Waals surface area (Å²) in [5, 5.41) is 0. The highest BCUT2D eigenvalue weighted by Gasteiger charge is 2.43. The van der Waals surface area contributed by atoms with Crippen LogP contribution >= 0.6 is 0 Å². The van der Waals surface area contributed by atoms with Crippen molar-refractivity contribution in [3.8, 4) is 0 Å². The molecule has 2 nitrogen and oxygen atoms in total. The fraction of sp³-hybridized carbons (Fsp3) is 0.625. The number of ether oxygens (including phenoxy) is 1. The first kappa shape index (κ1) is 8.24. The van der Waals surface area contributed by atoms with Crippen LogP contribution < -0.4 is 0 Å². The molecule has 2 atom stereocenters. The molecule has 0 heterocycles. The van der Waals surface area contributed by atoms with Crippen molar-refractivity contribution in [2.24, 2.45) is 10.9 Å². The highest BCUT2D eigenvalue weighted by Crippen LogP contribution is 2.35. The SMILES string of the molecule is C=C(C)O/C(=N\C)C1CC1F. The first-order valence-corrected chi connectivity index (χ1v) is 3.59. The monoisotopic (exact) mass is 157 g/mol. The molecule has 2 unspecified atom stereocenters. The predicted octanol–water partition coefficient (Wildman–Crippen LogP) is 1.92. The van der Waals surface area contributed by atoms with E-state index in [4.69, 9.17) is 4.74 Å². The highest BCUT2D eigenvalue weighted by atomic mass is 19.1. The van der Waals surface area contributed by atoms with Crippen LogP contribution in [0.15, 0.2) is 17.3 Å². The lowest BCUT2D eigenvalue weighted by molar-refractivity contribution is 0.385. The van der Waals surface area contributed by atoms with E-state index in [-0.39, 0.29) is 5.92 Å². The molecule has 0 aromatic heterocycles. The van der Waals surface area contributed by atoms with Crippen LogP contribution in [0.1, 0.15) is 13.3 Å². The van der Waals surface area contributed by atoms with Crippen molar-refractivity contribution in [1.82, 2.24) is 0 Å². The van der Waals surface area contributed by atoms with Crippen molar-refractivity contribution in [3.05, 3.63) is 12.3 Å². The number of nitrogens with zero attached hydrogens (tertiary/aromatic N) is 1. The van der Waals surface area contributed by atoms with Crippen molar-refractivity contribution < 1.29 is 9.13 Å². The molecule has 0 aromatic rings. The Labute approximate surface area is 65.8 Å². The molecule has 0 N–H and O–H groups in total. The van der Waals surface area contributed by atoms with Gasteiger partial charge in [-0.3, -0.25) is 4.99 Å². The number of halogens is 1. The maximum Gasteiger partial charge on any atom is 0.195 e. The number of hydrogen-bond donors (Lipinski definition) is 0. The van der Waals surface area contributed by atoms with Gasteiger partial charge in [0.2, 0.25) is 0 Å². The van der Waals surface area contributed by atoms with Crippen LogP contribution in [0.4, 0.5) is 4.39 Å². The zero-order valence-electron chi connectivity index (χ0n) is 6.80. The van der Waals surface area contributed by atoms with Gasteiger partial charge in [-0.05, 0) is 13.3 Å². The Morgan fingerprint density at radius 1 is 1.73 bits per heavy atom. The molecule has 1 aliphatic carbocycles. The zero-order valence-corrected chi connectivity index (χ0v) is 6.80. The summed E-state index contributed by atoms with van der Waals surface area (Å²) >= 11 is 0. The Hall–Kier alpha value is -0.860. The number of rotatable bonds is 2. The molecule has 0 aliphatic heterocycles. The second kappa shape index (κ2) is 3.03. The maximum absolute atomic E-state index is 12.5. The molecule has 3 heteroatoms. The van der Waals surface area contributed by atoms with E-state index >= 15 is 0 Å². The van der Waals surface area contributed by atoms with Gasteiger partial charge in [-0.25, -0.2) is 4.39 Å². The predicted molar refractivity (Wildman–Crippen MR) is 42.3 cm³/mol. The van der Waals surface area contributed by atoms with E-state index in [0.29, 0.717) is 18.1 Å². The first-order valence-electron chi connectivity index (χ1n) is 3.59. The lowest BCUT2D eigenvalue weighted by Crippen LogP contribution is -2.07. The zero-order chi connectivity index (χ0) is 8.43. The molecule has 1 rings (SSSR count). The maximum atomic E-state index is 12.5. The van der Waals surface area contributed by atoms with Crippen molar-refractivity contribution in [1.29, 1.82) is 0 Å². The van der Waals surface area contributed by atoms with Gasteiger partial charge < -0.3 is 4.74 Å². The Kier molecular flexibility index (Phi) is 2.27. The molecule has 0 spiro atoms. The first-order chi connectivity index (χ1) is 5.15. The molecule has 0 radical (unpaired) electrons. The number of hydrogen-bond acceptors (Lipinski definition) is 2. The molecule has 0 bridgehead atoms. The van der Waals surface area contributed by atoms with Crippen molar-refractivity contribution in [3.63, 3.8) is 0 Å². The molecule has 0 amide bonds. The van der Waals surface area contributed by atoms with Gasteiger partial charge in [0.15, 0.2) is 5.90 Å². The summed E-state index contributed by atoms with van der Waals surface area (Å²) in [4.78, 5) is 3.83. The third-order valence-corrected chi connectivity index (χ3v) is 1.53. The second-order valence-corrected chi connectivity index (χ2v) is 2.72. The summed E-state index contributed by atoms with van der Waals surface area (Å²) in [6.45, 7) is 5.28. The van der Waals surface area contributed by atoms with E-state index in [1.807, 2.05) is 0 Å². The van der Waals surface area contributed by atoms with Crippen LogP contribution in [-0.4, -0.2) is 19.1 Å². The fourth-order valence-corrected chi connectivity index (χ4v) is 0.885. The highest BCUT2D eigenvalue weighted by molar-refractivity contribution is 5.82. The molecule has 0 aromatic carbocycles. The third-order valence-electron chi connectivity index (χ3n) is 1.53. The minimum atomic E-state index is -0.756. The van der Waals surface area contributed by atoms with Crippen molar-refractivity contribution in [2.45, 2.75) is 19.5 Å².